The monoisotopic (exact) mass is 1640 g/mol. The fourth-order valence-corrected chi connectivity index (χ4v) is 6.10. The van der Waals surface area contributed by atoms with E-state index in [0.717, 1.165) is 69.8 Å². The molecule has 70 heavy (non-hydrogen) atoms. The van der Waals surface area contributed by atoms with Gasteiger partial charge < -0.3 is 4.74 Å². The van der Waals surface area contributed by atoms with Gasteiger partial charge in [0.1, 0.15) is 6.61 Å². The van der Waals surface area contributed by atoms with Gasteiger partial charge in [0, 0.05) is 44.2 Å². The number of ether oxygens (including phenoxy) is 1. The fraction of sp³-hybridized carbons (Fsp3) is 0.532. The van der Waals surface area contributed by atoms with Gasteiger partial charge in [0.25, 0.3) is 0 Å². The minimum atomic E-state index is -0.223. The first-order valence-corrected chi connectivity index (χ1v) is 43.7. The minimum absolute atomic E-state index is 0. The summed E-state index contributed by atoms with van der Waals surface area (Å²) in [6, 6.07) is 0. The molecule has 0 aliphatic heterocycles. The predicted octanol–water partition coefficient (Wildman–Crippen LogP) is 21.7. The van der Waals surface area contributed by atoms with Crippen molar-refractivity contribution in [2.75, 3.05) is 6.61 Å². The van der Waals surface area contributed by atoms with Crippen molar-refractivity contribution in [1.29, 1.82) is 0 Å². The third-order valence-electron chi connectivity index (χ3n) is 10.6. The summed E-state index contributed by atoms with van der Waals surface area (Å²) in [4.78, 5) is 10.7. The summed E-state index contributed by atoms with van der Waals surface area (Å²) >= 11 is 9.54. The fourth-order valence-electron chi connectivity index (χ4n) is 6.10. The van der Waals surface area contributed by atoms with Crippen LogP contribution in [0.4, 0.5) is 0 Å². The zero-order valence-corrected chi connectivity index (χ0v) is 60.1. The van der Waals surface area contributed by atoms with E-state index in [1.807, 2.05) is 18.2 Å². The average molecular weight is 1640 g/mol. The Morgan fingerprint density at radius 1 is 0.414 bits per heavy atom. The Morgan fingerprint density at radius 2 is 0.671 bits per heavy atom. The van der Waals surface area contributed by atoms with E-state index in [1.54, 1.807) is 0 Å². The number of esters is 1. The Hall–Kier alpha value is 0.210. The zero-order valence-electron chi connectivity index (χ0n) is 47.0. The van der Waals surface area contributed by atoms with Gasteiger partial charge in [0.15, 0.2) is 0 Å². The summed E-state index contributed by atoms with van der Waals surface area (Å²) in [5, 5.41) is 0. The predicted molar refractivity (Wildman–Crippen MR) is 365 cm³/mol. The molecule has 0 radical (unpaired) electrons. The van der Waals surface area contributed by atoms with Crippen LogP contribution in [0.5, 0.6) is 0 Å². The average Bonchev–Trinajstić information content (AvgIpc) is 3.27. The van der Waals surface area contributed by atoms with E-state index in [9.17, 15) is 4.79 Å². The van der Waals surface area contributed by atoms with E-state index < -0.39 is 0 Å². The summed E-state index contributed by atoms with van der Waals surface area (Å²) in [6.07, 6.45) is 48.2. The van der Waals surface area contributed by atoms with E-state index >= 15 is 0 Å². The first kappa shape index (κ1) is 81.6. The molecule has 0 bridgehead atoms. The SMILES string of the molecule is C=C/C(C)=C/C/C=C(\C)CC/C=C(\C)CCC=C(C)C.C=CC(=C)CC/C=C(\C)CC/C=C(\C)CCC=C(C)C.CC(=O)OC/C=C(\C)CC/C=C(\C)CC/C=C(\C)CCC=C(C)C.I.II.I[I-]I. The molecule has 0 atom stereocenters. The van der Waals surface area contributed by atoms with Gasteiger partial charge in [-0.05, 0) is 212 Å². The van der Waals surface area contributed by atoms with Crippen molar-refractivity contribution in [2.24, 2.45) is 0 Å². The quantitative estimate of drug-likeness (QED) is 0.0310. The van der Waals surface area contributed by atoms with E-state index in [0.29, 0.717) is 19.9 Å². The molecule has 0 saturated heterocycles. The summed E-state index contributed by atoms with van der Waals surface area (Å²) in [6.45, 7) is 43.8. The molecule has 0 unspecified atom stereocenters. The van der Waals surface area contributed by atoms with Crippen LogP contribution >= 0.6 is 98.4 Å². The van der Waals surface area contributed by atoms with Crippen molar-refractivity contribution in [3.63, 3.8) is 0 Å². The van der Waals surface area contributed by atoms with Gasteiger partial charge in [-0.3, -0.25) is 4.79 Å². The molecule has 0 heterocycles. The third-order valence-corrected chi connectivity index (χ3v) is 10.6. The third kappa shape index (κ3) is 74.7. The molecule has 404 valence electrons. The van der Waals surface area contributed by atoms with Crippen molar-refractivity contribution in [2.45, 2.75) is 213 Å². The van der Waals surface area contributed by atoms with Crippen molar-refractivity contribution in [1.82, 2.24) is 0 Å². The standard InChI is InChI=1S/C22H36O2.2C20H32.I3.I2.HI/c1-18(2)10-7-11-19(3)12-8-13-20(4)14-9-15-21(5)16-17-24-22(6)23;2*1-7-18(4)12-9-14-20(6)16-10-15-19(5)13-8-11-17(2)3;1-3-2;1-2;/h10,12,14,16H,7-9,11,13,15,17H2,1-6H3;7,11-12,14-15H,1,8-10,13,16H2,2-6H3;7,11,14-15H,1,4,8-10,12-13,16H2,2-3,5-6H3;;;1H/q;;;-1;;/b19-12+,20-14+,21-16+;18-12+,19-15+,20-14+;19-15+,20-14+;;;. The van der Waals surface area contributed by atoms with E-state index in [4.69, 9.17) is 4.74 Å². The van der Waals surface area contributed by atoms with Crippen molar-refractivity contribution in [3.05, 3.63) is 166 Å². The maximum atomic E-state index is 10.7. The molecule has 8 heteroatoms. The zero-order chi connectivity index (χ0) is 53.8. The number of carbonyl (C=O) groups excluding carboxylic acids is 1. The van der Waals surface area contributed by atoms with Crippen LogP contribution in [-0.2, 0) is 9.53 Å². The van der Waals surface area contributed by atoms with Crippen LogP contribution in [0.15, 0.2) is 166 Å². The summed E-state index contributed by atoms with van der Waals surface area (Å²) in [7, 11) is 0. The van der Waals surface area contributed by atoms with E-state index in [2.05, 4.69) is 252 Å². The molecule has 0 N–H and O–H groups in total. The molecule has 0 rings (SSSR count). The van der Waals surface area contributed by atoms with Crippen LogP contribution in [0.2, 0.25) is 0 Å². The summed E-state index contributed by atoms with van der Waals surface area (Å²) in [5.41, 5.74) is 16.8. The maximum absolute atomic E-state index is 10.7. The molecule has 2 nitrogen and oxygen atoms in total. The van der Waals surface area contributed by atoms with Gasteiger partial charge >= 0.3 is 56.5 Å². The Balaban J connectivity index is -0.000000209. The van der Waals surface area contributed by atoms with E-state index in [1.165, 1.54) is 113 Å². The Morgan fingerprint density at radius 3 is 0.929 bits per heavy atom. The molecule has 0 aromatic carbocycles. The molecular formula is C62H101I6O2-. The second-order valence-corrected chi connectivity index (χ2v) is 34.9. The van der Waals surface area contributed by atoms with Gasteiger partial charge in [-0.2, -0.15) is 0 Å². The van der Waals surface area contributed by atoms with E-state index in [-0.39, 0.29) is 29.9 Å². The number of allylic oxidation sites excluding steroid dienone is 24. The number of rotatable bonds is 30. The Bertz CT molecular complexity index is 1710. The second kappa shape index (κ2) is 61.8. The van der Waals surface area contributed by atoms with Crippen LogP contribution in [-0.4, -0.2) is 12.6 Å². The van der Waals surface area contributed by atoms with Crippen molar-refractivity contribution < 1.29 is 22.8 Å². The van der Waals surface area contributed by atoms with Crippen molar-refractivity contribution in [3.8, 4) is 0 Å². The van der Waals surface area contributed by atoms with Gasteiger partial charge in [-0.1, -0.05) is 160 Å². The van der Waals surface area contributed by atoms with Crippen molar-refractivity contribution >= 4 is 104 Å². The Labute approximate surface area is 505 Å². The second-order valence-electron chi connectivity index (χ2n) is 18.6. The molecule has 0 aromatic rings. The first-order valence-electron chi connectivity index (χ1n) is 24.9. The number of halogens is 6. The summed E-state index contributed by atoms with van der Waals surface area (Å²) < 4.78 is 4.92. The molecular weight excluding hydrogens is 1540 g/mol. The normalized spacial score (nSPS) is 12.2. The van der Waals surface area contributed by atoms with Gasteiger partial charge in [-0.25, -0.2) is 0 Å². The molecule has 0 aromatic heterocycles. The summed E-state index contributed by atoms with van der Waals surface area (Å²) in [5.74, 6) is -0.223. The van der Waals surface area contributed by atoms with Crippen LogP contribution in [0.25, 0.3) is 0 Å². The molecule has 0 amide bonds. The van der Waals surface area contributed by atoms with Gasteiger partial charge in [0.05, 0.1) is 0 Å². The molecule has 0 fully saturated rings. The van der Waals surface area contributed by atoms with Crippen LogP contribution in [0, 0.1) is 0 Å². The Kier molecular flexibility index (Phi) is 72.0. The first-order chi connectivity index (χ1) is 32.6. The number of carbonyl (C=O) groups is 1. The van der Waals surface area contributed by atoms with Gasteiger partial charge in [-0.15, -0.1) is 24.0 Å². The number of hydrogen-bond acceptors (Lipinski definition) is 2. The van der Waals surface area contributed by atoms with Gasteiger partial charge in [0.2, 0.25) is 0 Å². The molecule has 0 spiro atoms. The van der Waals surface area contributed by atoms with Crippen LogP contribution < -0.4 is 13.3 Å². The topological polar surface area (TPSA) is 26.3 Å². The molecule has 0 aliphatic carbocycles. The molecule has 0 saturated carbocycles. The number of hydrogen-bond donors (Lipinski definition) is 0. The van der Waals surface area contributed by atoms with Crippen LogP contribution in [0.3, 0.4) is 0 Å². The molecule has 0 aliphatic rings. The van der Waals surface area contributed by atoms with Crippen LogP contribution in [0.1, 0.15) is 213 Å².